The molecule has 0 spiro atoms. The number of hydrogen-bond donors (Lipinski definition) is 0. The molecule has 2 heterocycles. The van der Waals surface area contributed by atoms with E-state index >= 15 is 0 Å². The normalized spacial score (nSPS) is 16.9. The molecule has 23 heavy (non-hydrogen) atoms. The van der Waals surface area contributed by atoms with Gasteiger partial charge in [0.1, 0.15) is 21.7 Å². The summed E-state index contributed by atoms with van der Waals surface area (Å²) >= 11 is 6.51. The largest absolute Gasteiger partial charge is 0.457 e. The zero-order valence-corrected chi connectivity index (χ0v) is 14.2. The number of nitrogens with zero attached hydrogens (tertiary/aromatic N) is 1. The summed E-state index contributed by atoms with van der Waals surface area (Å²) in [6.07, 6.45) is 1.69. The predicted molar refractivity (Wildman–Crippen MR) is 94.3 cm³/mol. The van der Waals surface area contributed by atoms with E-state index in [4.69, 9.17) is 16.6 Å². The number of halogens is 1. The topological polar surface area (TPSA) is 33.5 Å². The number of furan rings is 1. The Kier molecular flexibility index (Phi) is 4.37. The first-order chi connectivity index (χ1) is 11.0. The number of carbonyl (C=O) groups excluding carboxylic acids is 1. The van der Waals surface area contributed by atoms with Crippen LogP contribution in [0.25, 0.3) is 17.4 Å². The third kappa shape index (κ3) is 3.23. The van der Waals surface area contributed by atoms with Crippen molar-refractivity contribution in [1.29, 1.82) is 0 Å². The summed E-state index contributed by atoms with van der Waals surface area (Å²) in [5, 5.41) is 0. The van der Waals surface area contributed by atoms with Crippen molar-refractivity contribution in [2.45, 2.75) is 19.9 Å². The molecule has 0 N–H and O–H groups in total. The average Bonchev–Trinajstić information content (AvgIpc) is 3.05. The van der Waals surface area contributed by atoms with Gasteiger partial charge in [-0.3, -0.25) is 9.69 Å². The number of benzene rings is 1. The molecule has 1 aromatic heterocycles. The van der Waals surface area contributed by atoms with E-state index in [1.807, 2.05) is 13.8 Å². The van der Waals surface area contributed by atoms with E-state index in [9.17, 15) is 9.18 Å². The highest BCUT2D eigenvalue weighted by atomic mass is 32.2. The molecule has 118 valence electrons. The lowest BCUT2D eigenvalue weighted by Gasteiger charge is -2.18. The highest BCUT2D eigenvalue weighted by Crippen LogP contribution is 2.34. The molecule has 6 heteroatoms. The average molecular weight is 347 g/mol. The van der Waals surface area contributed by atoms with Crippen LogP contribution in [0.2, 0.25) is 0 Å². The molecular weight excluding hydrogens is 333 g/mol. The van der Waals surface area contributed by atoms with E-state index in [1.54, 1.807) is 35.2 Å². The van der Waals surface area contributed by atoms with Crippen molar-refractivity contribution in [3.05, 3.63) is 52.9 Å². The molecule has 0 radical (unpaired) electrons. The van der Waals surface area contributed by atoms with Crippen LogP contribution in [-0.2, 0) is 4.79 Å². The van der Waals surface area contributed by atoms with Crippen LogP contribution in [-0.4, -0.2) is 21.2 Å². The minimum Gasteiger partial charge on any atom is -0.457 e. The van der Waals surface area contributed by atoms with E-state index in [-0.39, 0.29) is 17.8 Å². The summed E-state index contributed by atoms with van der Waals surface area (Å²) in [6, 6.07) is 9.66. The van der Waals surface area contributed by atoms with Crippen LogP contribution in [0.15, 0.2) is 45.7 Å². The Morgan fingerprint density at radius 2 is 1.91 bits per heavy atom. The third-order valence-corrected chi connectivity index (χ3v) is 4.70. The van der Waals surface area contributed by atoms with Gasteiger partial charge in [-0.2, -0.15) is 0 Å². The molecule has 1 fully saturated rings. The van der Waals surface area contributed by atoms with E-state index in [0.29, 0.717) is 20.7 Å². The monoisotopic (exact) mass is 347 g/mol. The fourth-order valence-corrected chi connectivity index (χ4v) is 3.76. The second-order valence-electron chi connectivity index (χ2n) is 5.35. The fraction of sp³-hybridized carbons (Fsp3) is 0.176. The van der Waals surface area contributed by atoms with Crippen LogP contribution >= 0.6 is 24.0 Å². The summed E-state index contributed by atoms with van der Waals surface area (Å²) in [5.74, 6) is 0.789. The molecule has 0 unspecified atom stereocenters. The summed E-state index contributed by atoms with van der Waals surface area (Å²) in [7, 11) is 0. The molecule has 3 nitrogen and oxygen atoms in total. The van der Waals surface area contributed by atoms with Gasteiger partial charge in [-0.1, -0.05) is 24.0 Å². The van der Waals surface area contributed by atoms with Crippen LogP contribution in [0.3, 0.4) is 0 Å². The molecule has 2 aromatic rings. The van der Waals surface area contributed by atoms with E-state index in [2.05, 4.69) is 0 Å². The van der Waals surface area contributed by atoms with Gasteiger partial charge in [-0.15, -0.1) is 0 Å². The summed E-state index contributed by atoms with van der Waals surface area (Å²) in [4.78, 5) is 14.5. The second-order valence-corrected chi connectivity index (χ2v) is 7.03. The van der Waals surface area contributed by atoms with Gasteiger partial charge < -0.3 is 4.42 Å². The first-order valence-corrected chi connectivity index (χ1v) is 8.31. The number of rotatable bonds is 3. The van der Waals surface area contributed by atoms with Crippen LogP contribution in [0.5, 0.6) is 0 Å². The Labute approximate surface area is 143 Å². The van der Waals surface area contributed by atoms with Crippen molar-refractivity contribution in [2.24, 2.45) is 0 Å². The van der Waals surface area contributed by atoms with Gasteiger partial charge in [0.15, 0.2) is 0 Å². The SMILES string of the molecule is CC(C)N1C(=O)C(=Cc2ccc(-c3ccc(F)cc3)o2)SC1=S. The van der Waals surface area contributed by atoms with E-state index in [0.717, 1.165) is 5.56 Å². The van der Waals surface area contributed by atoms with Crippen molar-refractivity contribution < 1.29 is 13.6 Å². The number of thioether (sulfide) groups is 1. The van der Waals surface area contributed by atoms with Crippen molar-refractivity contribution in [2.75, 3.05) is 0 Å². The van der Waals surface area contributed by atoms with Gasteiger partial charge in [0.2, 0.25) is 0 Å². The molecule has 0 aliphatic carbocycles. The summed E-state index contributed by atoms with van der Waals surface area (Å²) in [5.41, 5.74) is 0.778. The van der Waals surface area contributed by atoms with E-state index < -0.39 is 0 Å². The van der Waals surface area contributed by atoms with Gasteiger partial charge in [0.25, 0.3) is 5.91 Å². The minimum atomic E-state index is -0.294. The highest BCUT2D eigenvalue weighted by Gasteiger charge is 2.33. The Morgan fingerprint density at radius 1 is 1.22 bits per heavy atom. The maximum atomic E-state index is 13.0. The van der Waals surface area contributed by atoms with Crippen LogP contribution in [0, 0.1) is 5.82 Å². The van der Waals surface area contributed by atoms with E-state index in [1.165, 1.54) is 23.9 Å². The lowest BCUT2D eigenvalue weighted by Crippen LogP contribution is -2.34. The summed E-state index contributed by atoms with van der Waals surface area (Å²) < 4.78 is 19.2. The molecule has 0 saturated carbocycles. The van der Waals surface area contributed by atoms with Gasteiger partial charge in [0, 0.05) is 17.7 Å². The number of carbonyl (C=O) groups is 1. The molecule has 3 rings (SSSR count). The van der Waals surface area contributed by atoms with Crippen LogP contribution < -0.4 is 0 Å². The van der Waals surface area contributed by atoms with Crippen LogP contribution in [0.1, 0.15) is 19.6 Å². The zero-order valence-electron chi connectivity index (χ0n) is 12.6. The minimum absolute atomic E-state index is 0.0276. The van der Waals surface area contributed by atoms with Gasteiger partial charge in [-0.05, 0) is 50.2 Å². The standard InChI is InChI=1S/C17H14FNO2S2/c1-10(2)19-16(20)15(23-17(19)22)9-13-7-8-14(21-13)11-3-5-12(18)6-4-11/h3-10H,1-2H3. The molecule has 1 aliphatic rings. The van der Waals surface area contributed by atoms with Crippen molar-refractivity contribution in [3.63, 3.8) is 0 Å². The number of thiocarbonyl (C=S) groups is 1. The second kappa shape index (κ2) is 6.29. The van der Waals surface area contributed by atoms with Crippen LogP contribution in [0.4, 0.5) is 4.39 Å². The summed E-state index contributed by atoms with van der Waals surface area (Å²) in [6.45, 7) is 3.85. The molecule has 1 aromatic carbocycles. The third-order valence-electron chi connectivity index (χ3n) is 3.37. The first-order valence-electron chi connectivity index (χ1n) is 7.08. The smallest absolute Gasteiger partial charge is 0.266 e. The van der Waals surface area contributed by atoms with Crippen molar-refractivity contribution in [1.82, 2.24) is 4.90 Å². The molecular formula is C17H14FNO2S2. The Morgan fingerprint density at radius 3 is 2.52 bits per heavy atom. The zero-order chi connectivity index (χ0) is 16.6. The molecule has 0 atom stereocenters. The molecule has 0 bridgehead atoms. The lowest BCUT2D eigenvalue weighted by molar-refractivity contribution is -0.123. The first kappa shape index (κ1) is 16.0. The van der Waals surface area contributed by atoms with Crippen molar-refractivity contribution in [3.8, 4) is 11.3 Å². The quantitative estimate of drug-likeness (QED) is 0.595. The highest BCUT2D eigenvalue weighted by molar-refractivity contribution is 8.26. The molecule has 1 saturated heterocycles. The maximum Gasteiger partial charge on any atom is 0.266 e. The maximum absolute atomic E-state index is 13.0. The lowest BCUT2D eigenvalue weighted by atomic mass is 10.2. The Balaban J connectivity index is 1.85. The Bertz CT molecular complexity index is 793. The van der Waals surface area contributed by atoms with Gasteiger partial charge in [0.05, 0.1) is 4.91 Å². The van der Waals surface area contributed by atoms with Gasteiger partial charge >= 0.3 is 0 Å². The van der Waals surface area contributed by atoms with Gasteiger partial charge in [-0.25, -0.2) is 4.39 Å². The van der Waals surface area contributed by atoms with Crippen molar-refractivity contribution >= 4 is 40.3 Å². The number of hydrogen-bond acceptors (Lipinski definition) is 4. The molecule has 1 amide bonds. The number of amides is 1. The fourth-order valence-electron chi connectivity index (χ4n) is 2.25. The Hall–Kier alpha value is -1.92. The predicted octanol–water partition coefficient (Wildman–Crippen LogP) is 4.70. The molecule has 1 aliphatic heterocycles.